The minimum Gasteiger partial charge on any atom is -0.336 e. The Hall–Kier alpha value is -2.05. The van der Waals surface area contributed by atoms with Crippen LogP contribution in [-0.4, -0.2) is 68.0 Å². The van der Waals surface area contributed by atoms with Gasteiger partial charge in [-0.25, -0.2) is 9.19 Å². The lowest BCUT2D eigenvalue weighted by Gasteiger charge is -2.18. The molecule has 0 aliphatic carbocycles. The minimum atomic E-state index is -4.23. The fourth-order valence-electron chi connectivity index (χ4n) is 2.72. The molecule has 3 rings (SSSR count). The molecule has 10 nitrogen and oxygen atoms in total. The first-order chi connectivity index (χ1) is 13.2. The van der Waals surface area contributed by atoms with Gasteiger partial charge >= 0.3 is 0 Å². The number of sulfonamides is 1. The number of pyridine rings is 1. The minimum absolute atomic E-state index is 0.0578. The Balaban J connectivity index is 1.82. The van der Waals surface area contributed by atoms with Crippen LogP contribution in [-0.2, 0) is 26.3 Å². The molecule has 0 aromatic carbocycles. The molecule has 28 heavy (non-hydrogen) atoms. The average molecular weight is 447 g/mol. The highest BCUT2D eigenvalue weighted by Gasteiger charge is 2.27. The monoisotopic (exact) mass is 446 g/mol. The van der Waals surface area contributed by atoms with E-state index in [1.54, 1.807) is 6.20 Å². The zero-order valence-corrected chi connectivity index (χ0v) is 17.5. The number of amides is 1. The fraction of sp³-hybridized carbons (Fsp3) is 0.467. The zero-order chi connectivity index (χ0) is 20.4. The van der Waals surface area contributed by atoms with E-state index in [2.05, 4.69) is 19.1 Å². The highest BCUT2D eigenvalue weighted by molar-refractivity contribution is 8.03. The maximum absolute atomic E-state index is 13.1. The number of carbonyl (C=O) groups excluding carboxylic acids is 1. The summed E-state index contributed by atoms with van der Waals surface area (Å²) >= 11 is 5.84. The number of carbonyl (C=O) groups is 1. The molecule has 0 bridgehead atoms. The molecule has 0 saturated carbocycles. The molecule has 2 aromatic rings. The fourth-order valence-corrected chi connectivity index (χ4v) is 7.29. The standard InChI is InChI=1S/C15H19ClN6O4S2/c1-2-22-11-12(18-19-22)15(23)21-7-4-9-27(24,10-8-21)20-28(25,26)13-5-3-6-17-14(13)16/h3,5-6,11H,2,4,7-10H2,1H3. The maximum atomic E-state index is 13.1. The molecule has 152 valence electrons. The van der Waals surface area contributed by atoms with Gasteiger partial charge in [0.15, 0.2) is 5.69 Å². The lowest BCUT2D eigenvalue weighted by Crippen LogP contribution is -2.33. The second-order valence-corrected chi connectivity index (χ2v) is 10.8. The number of halogens is 1. The molecule has 1 fully saturated rings. The van der Waals surface area contributed by atoms with Crippen LogP contribution in [0.3, 0.4) is 0 Å². The molecule has 1 aliphatic rings. The average Bonchev–Trinajstić information content (AvgIpc) is 3.05. The number of rotatable bonds is 4. The first-order valence-electron chi connectivity index (χ1n) is 8.53. The van der Waals surface area contributed by atoms with Crippen molar-refractivity contribution in [2.75, 3.05) is 24.6 Å². The van der Waals surface area contributed by atoms with Gasteiger partial charge in [-0.05, 0) is 25.5 Å². The van der Waals surface area contributed by atoms with Gasteiger partial charge < -0.3 is 4.90 Å². The summed E-state index contributed by atoms with van der Waals surface area (Å²) in [5.41, 5.74) is 0.196. The maximum Gasteiger partial charge on any atom is 0.293 e. The number of aromatic nitrogens is 4. The molecule has 2 aromatic heterocycles. The summed E-state index contributed by atoms with van der Waals surface area (Å²) in [6.07, 6.45) is 3.25. The molecular weight excluding hydrogens is 428 g/mol. The molecule has 3 heterocycles. The van der Waals surface area contributed by atoms with E-state index >= 15 is 0 Å². The van der Waals surface area contributed by atoms with Gasteiger partial charge in [-0.15, -0.1) is 8.87 Å². The Labute approximate surface area is 168 Å². The van der Waals surface area contributed by atoms with E-state index in [4.69, 9.17) is 11.6 Å². The summed E-state index contributed by atoms with van der Waals surface area (Å²) in [6, 6.07) is 2.68. The topological polar surface area (TPSA) is 127 Å². The molecule has 0 spiro atoms. The number of nitrogens with zero attached hydrogens (tertiary/aromatic N) is 6. The van der Waals surface area contributed by atoms with Crippen LogP contribution in [0, 0.1) is 0 Å². The summed E-state index contributed by atoms with van der Waals surface area (Å²) in [6.45, 7) is 2.90. The van der Waals surface area contributed by atoms with Crippen molar-refractivity contribution < 1.29 is 17.4 Å². The molecular formula is C15H19ClN6O4S2. The summed E-state index contributed by atoms with van der Waals surface area (Å²) in [5.74, 6) is -0.325. The predicted molar refractivity (Wildman–Crippen MR) is 103 cm³/mol. The number of aryl methyl sites for hydroxylation is 1. The quantitative estimate of drug-likeness (QED) is 0.642. The smallest absolute Gasteiger partial charge is 0.293 e. The van der Waals surface area contributed by atoms with Crippen LogP contribution in [0.4, 0.5) is 0 Å². The van der Waals surface area contributed by atoms with Gasteiger partial charge in [-0.2, -0.15) is 8.42 Å². The second-order valence-electron chi connectivity index (χ2n) is 6.13. The summed E-state index contributed by atoms with van der Waals surface area (Å²) in [4.78, 5) is 17.5. The van der Waals surface area contributed by atoms with Crippen molar-refractivity contribution >= 4 is 37.3 Å². The van der Waals surface area contributed by atoms with Crippen molar-refractivity contribution in [1.82, 2.24) is 24.9 Å². The van der Waals surface area contributed by atoms with E-state index in [0.29, 0.717) is 19.5 Å². The van der Waals surface area contributed by atoms with E-state index in [1.165, 1.54) is 27.9 Å². The highest BCUT2D eigenvalue weighted by Crippen LogP contribution is 2.22. The SMILES string of the molecule is CCn1cc(C(=O)N2CCCS(=O)(=NS(=O)(=O)c3cccnc3Cl)CC2)nn1. The van der Waals surface area contributed by atoms with Gasteiger partial charge in [0.2, 0.25) is 0 Å². The highest BCUT2D eigenvalue weighted by atomic mass is 35.5. The van der Waals surface area contributed by atoms with Crippen LogP contribution in [0.2, 0.25) is 5.15 Å². The molecule has 1 unspecified atom stereocenters. The molecule has 13 heteroatoms. The summed E-state index contributed by atoms with van der Waals surface area (Å²) in [7, 11) is -7.31. The lowest BCUT2D eigenvalue weighted by atomic mass is 10.3. The summed E-state index contributed by atoms with van der Waals surface area (Å²) < 4.78 is 43.4. The Morgan fingerprint density at radius 1 is 1.36 bits per heavy atom. The van der Waals surface area contributed by atoms with Crippen LogP contribution in [0.15, 0.2) is 33.2 Å². The first kappa shape index (κ1) is 20.7. The molecule has 0 N–H and O–H groups in total. The Kier molecular flexibility index (Phi) is 6.01. The molecule has 1 amide bonds. The normalized spacial score (nSPS) is 20.6. The third-order valence-electron chi connectivity index (χ3n) is 4.18. The van der Waals surface area contributed by atoms with Gasteiger partial charge in [0, 0.05) is 31.6 Å². The molecule has 1 aliphatic heterocycles. The van der Waals surface area contributed by atoms with Crippen LogP contribution < -0.4 is 0 Å². The van der Waals surface area contributed by atoms with E-state index in [1.807, 2.05) is 6.92 Å². The van der Waals surface area contributed by atoms with Gasteiger partial charge in [0.25, 0.3) is 15.9 Å². The van der Waals surface area contributed by atoms with Gasteiger partial charge in [0.05, 0.1) is 21.7 Å². The van der Waals surface area contributed by atoms with Crippen molar-refractivity contribution in [2.24, 2.45) is 3.77 Å². The van der Waals surface area contributed by atoms with E-state index in [0.717, 1.165) is 0 Å². The Morgan fingerprint density at radius 2 is 2.14 bits per heavy atom. The van der Waals surface area contributed by atoms with Crippen molar-refractivity contribution in [3.8, 4) is 0 Å². The van der Waals surface area contributed by atoms with E-state index < -0.39 is 19.8 Å². The van der Waals surface area contributed by atoms with Crippen molar-refractivity contribution in [3.63, 3.8) is 0 Å². The largest absolute Gasteiger partial charge is 0.336 e. The Morgan fingerprint density at radius 3 is 2.82 bits per heavy atom. The molecule has 1 atom stereocenters. The van der Waals surface area contributed by atoms with Crippen LogP contribution in [0.25, 0.3) is 0 Å². The molecule has 1 saturated heterocycles. The number of hydrogen-bond acceptors (Lipinski definition) is 7. The van der Waals surface area contributed by atoms with Crippen LogP contribution in [0.1, 0.15) is 23.8 Å². The van der Waals surface area contributed by atoms with Gasteiger partial charge in [0.1, 0.15) is 10.0 Å². The van der Waals surface area contributed by atoms with E-state index in [9.17, 15) is 17.4 Å². The van der Waals surface area contributed by atoms with Crippen molar-refractivity contribution in [2.45, 2.75) is 24.8 Å². The van der Waals surface area contributed by atoms with Crippen molar-refractivity contribution in [1.29, 1.82) is 0 Å². The third kappa shape index (κ3) is 4.50. The summed E-state index contributed by atoms with van der Waals surface area (Å²) in [5, 5.41) is 7.46. The zero-order valence-electron chi connectivity index (χ0n) is 15.1. The second kappa shape index (κ2) is 8.13. The van der Waals surface area contributed by atoms with Crippen LogP contribution in [0.5, 0.6) is 0 Å². The predicted octanol–water partition coefficient (Wildman–Crippen LogP) is 1.05. The lowest BCUT2D eigenvalue weighted by molar-refractivity contribution is 0.0762. The molecule has 0 radical (unpaired) electrons. The van der Waals surface area contributed by atoms with Crippen LogP contribution >= 0.6 is 11.6 Å². The van der Waals surface area contributed by atoms with Gasteiger partial charge in [-0.1, -0.05) is 16.8 Å². The van der Waals surface area contributed by atoms with E-state index in [-0.39, 0.29) is 39.7 Å². The van der Waals surface area contributed by atoms with Gasteiger partial charge in [-0.3, -0.25) is 9.48 Å². The number of hydrogen-bond donors (Lipinski definition) is 0. The third-order valence-corrected chi connectivity index (χ3v) is 9.09. The Bertz CT molecular complexity index is 1110. The van der Waals surface area contributed by atoms with Crippen molar-refractivity contribution in [3.05, 3.63) is 35.4 Å². The first-order valence-corrected chi connectivity index (χ1v) is 12.2.